The second-order valence-corrected chi connectivity index (χ2v) is 9.72. The van der Waals surface area contributed by atoms with Crippen molar-refractivity contribution in [3.63, 3.8) is 0 Å². The van der Waals surface area contributed by atoms with E-state index < -0.39 is 23.8 Å². The maximum atomic E-state index is 14.1. The van der Waals surface area contributed by atoms with Gasteiger partial charge in [-0.1, -0.05) is 41.6 Å². The number of aliphatic carboxylic acids is 1. The summed E-state index contributed by atoms with van der Waals surface area (Å²) in [6.07, 6.45) is -4.05. The molecule has 0 spiro atoms. The van der Waals surface area contributed by atoms with Crippen molar-refractivity contribution in [1.82, 2.24) is 10.1 Å². The third-order valence-corrected chi connectivity index (χ3v) is 7.18. The van der Waals surface area contributed by atoms with Crippen LogP contribution in [-0.2, 0) is 17.4 Å². The molecule has 0 saturated heterocycles. The third kappa shape index (κ3) is 4.71. The molecule has 0 radical (unpaired) electrons. The zero-order chi connectivity index (χ0) is 27.3. The molecule has 3 aromatic carbocycles. The van der Waals surface area contributed by atoms with Gasteiger partial charge >= 0.3 is 12.1 Å². The fourth-order valence-corrected chi connectivity index (χ4v) is 5.43. The second kappa shape index (κ2) is 9.44. The van der Waals surface area contributed by atoms with E-state index in [1.54, 1.807) is 49.4 Å². The van der Waals surface area contributed by atoms with Crippen molar-refractivity contribution >= 4 is 5.97 Å². The second-order valence-electron chi connectivity index (χ2n) is 9.72. The summed E-state index contributed by atoms with van der Waals surface area (Å²) in [6.45, 7) is 1.95. The predicted molar refractivity (Wildman–Crippen MR) is 134 cm³/mol. The summed E-state index contributed by atoms with van der Waals surface area (Å²) in [5.41, 5.74) is 2.67. The average molecular weight is 537 g/mol. The van der Waals surface area contributed by atoms with Crippen LogP contribution in [0.4, 0.5) is 13.2 Å². The lowest BCUT2D eigenvalue weighted by molar-refractivity contribution is -0.138. The number of nitrogens with zero attached hydrogens (tertiary/aromatic N) is 2. The Hall–Kier alpha value is -4.34. The number of carbonyl (C=O) groups is 1. The fraction of sp³-hybridized carbons (Fsp3) is 0.276. The number of aryl methyl sites for hydroxylation is 1. The van der Waals surface area contributed by atoms with Crippen LogP contribution in [0.25, 0.3) is 22.5 Å². The summed E-state index contributed by atoms with van der Waals surface area (Å²) in [7, 11) is 0. The van der Waals surface area contributed by atoms with Gasteiger partial charge in [0, 0.05) is 30.0 Å². The number of halogens is 3. The lowest BCUT2D eigenvalue weighted by Gasteiger charge is -2.20. The Morgan fingerprint density at radius 3 is 2.51 bits per heavy atom. The molecule has 7 nitrogen and oxygen atoms in total. The molecule has 1 aromatic heterocycles. The largest absolute Gasteiger partial charge is 0.492 e. The van der Waals surface area contributed by atoms with Gasteiger partial charge in [0.05, 0.1) is 18.6 Å². The third-order valence-electron chi connectivity index (χ3n) is 7.18. The Morgan fingerprint density at radius 2 is 1.82 bits per heavy atom. The van der Waals surface area contributed by atoms with Gasteiger partial charge in [-0.15, -0.1) is 0 Å². The Bertz CT molecular complexity index is 1560. The van der Waals surface area contributed by atoms with Crippen molar-refractivity contribution in [2.24, 2.45) is 0 Å². The molecule has 1 aliphatic heterocycles. The Morgan fingerprint density at radius 1 is 1.08 bits per heavy atom. The van der Waals surface area contributed by atoms with E-state index in [9.17, 15) is 18.0 Å². The first-order valence-corrected chi connectivity index (χ1v) is 12.5. The molecule has 2 aliphatic rings. The molecule has 6 rings (SSSR count). The van der Waals surface area contributed by atoms with Crippen molar-refractivity contribution in [1.29, 1.82) is 0 Å². The Kier molecular flexibility index (Phi) is 6.05. The molecule has 2 heterocycles. The van der Waals surface area contributed by atoms with Crippen LogP contribution in [0.15, 0.2) is 59.1 Å². The van der Waals surface area contributed by atoms with Crippen LogP contribution in [0.2, 0.25) is 0 Å². The van der Waals surface area contributed by atoms with E-state index in [1.165, 1.54) is 6.07 Å². The highest BCUT2D eigenvalue weighted by Crippen LogP contribution is 2.47. The number of rotatable bonds is 6. The number of hydrogen-bond donors (Lipinski definition) is 1. The number of hydrogen-bond acceptors (Lipinski definition) is 6. The number of benzene rings is 3. The van der Waals surface area contributed by atoms with Crippen molar-refractivity contribution in [3.8, 4) is 34.0 Å². The summed E-state index contributed by atoms with van der Waals surface area (Å²) >= 11 is 0. The minimum Gasteiger partial charge on any atom is -0.492 e. The molecular weight excluding hydrogens is 513 g/mol. The minimum absolute atomic E-state index is 0.0246. The number of carboxylic acid groups (broad SMARTS) is 1. The molecule has 0 amide bonds. The maximum absolute atomic E-state index is 14.1. The zero-order valence-electron chi connectivity index (χ0n) is 20.8. The van der Waals surface area contributed by atoms with E-state index in [0.717, 1.165) is 11.6 Å². The quantitative estimate of drug-likeness (QED) is 0.291. The molecule has 0 saturated carbocycles. The van der Waals surface area contributed by atoms with Gasteiger partial charge in [0.2, 0.25) is 11.7 Å². The number of alkyl halides is 3. The van der Waals surface area contributed by atoms with Gasteiger partial charge in [-0.25, -0.2) is 0 Å². The van der Waals surface area contributed by atoms with Crippen LogP contribution < -0.4 is 9.47 Å². The molecule has 10 heteroatoms. The highest BCUT2D eigenvalue weighted by molar-refractivity contribution is 5.76. The lowest BCUT2D eigenvalue weighted by Crippen LogP contribution is -2.10. The van der Waals surface area contributed by atoms with Crippen LogP contribution in [-0.4, -0.2) is 27.8 Å². The maximum Gasteiger partial charge on any atom is 0.417 e. The van der Waals surface area contributed by atoms with E-state index in [4.69, 9.17) is 19.1 Å². The van der Waals surface area contributed by atoms with E-state index >= 15 is 0 Å². The molecule has 2 atom stereocenters. The number of fused-ring (bicyclic) bond motifs is 2. The summed E-state index contributed by atoms with van der Waals surface area (Å²) in [6, 6.07) is 14.6. The highest BCUT2D eigenvalue weighted by Gasteiger charge is 2.38. The normalized spacial score (nSPS) is 17.9. The first-order valence-electron chi connectivity index (χ1n) is 12.5. The van der Waals surface area contributed by atoms with Crippen LogP contribution >= 0.6 is 0 Å². The lowest BCUT2D eigenvalue weighted by atomic mass is 9.91. The van der Waals surface area contributed by atoms with Gasteiger partial charge in [0.25, 0.3) is 0 Å². The molecule has 0 bridgehead atoms. The molecular formula is C29H23F3N2O5. The fourth-order valence-electron chi connectivity index (χ4n) is 5.43. The minimum atomic E-state index is -4.53. The monoisotopic (exact) mass is 536 g/mol. The van der Waals surface area contributed by atoms with Crippen molar-refractivity contribution < 1.29 is 37.1 Å². The highest BCUT2D eigenvalue weighted by atomic mass is 19.4. The van der Waals surface area contributed by atoms with E-state index in [1.807, 2.05) is 0 Å². The first-order chi connectivity index (χ1) is 18.7. The number of aromatic nitrogens is 2. The van der Waals surface area contributed by atoms with E-state index in [0.29, 0.717) is 58.3 Å². The van der Waals surface area contributed by atoms with Crippen molar-refractivity contribution in [2.75, 3.05) is 6.61 Å². The first kappa shape index (κ1) is 25.0. The summed E-state index contributed by atoms with van der Waals surface area (Å²) in [5.74, 6) is 0.737. The van der Waals surface area contributed by atoms with Crippen LogP contribution in [0.5, 0.6) is 11.5 Å². The van der Waals surface area contributed by atoms with Gasteiger partial charge in [0.15, 0.2) is 0 Å². The van der Waals surface area contributed by atoms with Crippen molar-refractivity contribution in [3.05, 3.63) is 82.7 Å². The average Bonchev–Trinajstić information content (AvgIpc) is 3.62. The van der Waals surface area contributed by atoms with Crippen LogP contribution in [0.1, 0.15) is 53.0 Å². The molecule has 4 aromatic rings. The summed E-state index contributed by atoms with van der Waals surface area (Å²) < 4.78 is 59.3. The van der Waals surface area contributed by atoms with Gasteiger partial charge in [-0.2, -0.15) is 18.2 Å². The Balaban J connectivity index is 1.32. The zero-order valence-corrected chi connectivity index (χ0v) is 20.8. The van der Waals surface area contributed by atoms with Gasteiger partial charge < -0.3 is 19.1 Å². The van der Waals surface area contributed by atoms with Crippen molar-refractivity contribution in [2.45, 2.75) is 44.4 Å². The smallest absolute Gasteiger partial charge is 0.417 e. The SMILES string of the molecule is Cc1nc(-c2ccc(-c3c(C(F)(F)F)ccc4c3CC[C@H]4Oc3ccc4c(c3)OCC4CC(=O)O)cc2)no1. The van der Waals surface area contributed by atoms with Crippen LogP contribution in [0, 0.1) is 6.92 Å². The van der Waals surface area contributed by atoms with E-state index in [2.05, 4.69) is 10.1 Å². The molecule has 1 unspecified atom stereocenters. The molecule has 1 aliphatic carbocycles. The molecule has 0 fully saturated rings. The summed E-state index contributed by atoms with van der Waals surface area (Å²) in [4.78, 5) is 15.3. The van der Waals surface area contributed by atoms with Gasteiger partial charge in [-0.3, -0.25) is 4.79 Å². The van der Waals surface area contributed by atoms with Gasteiger partial charge in [0.1, 0.15) is 17.6 Å². The standard InChI is InChI=1S/C29H23F3N2O5/c1-15-33-28(34-39-15)17-4-2-16(3-5-17)27-22-9-11-24(21(22)8-10-23(27)29(30,31)32)38-19-6-7-20-18(12-26(35)36)14-37-25(20)13-19/h2-8,10,13,18,24H,9,11-12,14H2,1H3,(H,35,36)/t18?,24-/m1/s1. The Labute approximate surface area is 221 Å². The molecule has 200 valence electrons. The van der Waals surface area contributed by atoms with Gasteiger partial charge in [-0.05, 0) is 47.2 Å². The number of ether oxygens (including phenoxy) is 2. The predicted octanol–water partition coefficient (Wildman–Crippen LogP) is 6.75. The topological polar surface area (TPSA) is 94.7 Å². The van der Waals surface area contributed by atoms with Crippen LogP contribution in [0.3, 0.4) is 0 Å². The number of carboxylic acids is 1. The summed E-state index contributed by atoms with van der Waals surface area (Å²) in [5, 5.41) is 13.0. The molecule has 1 N–H and O–H groups in total. The van der Waals surface area contributed by atoms with E-state index in [-0.39, 0.29) is 24.5 Å². The molecule has 39 heavy (non-hydrogen) atoms.